The van der Waals surface area contributed by atoms with Gasteiger partial charge in [-0.15, -0.1) is 0 Å². The lowest BCUT2D eigenvalue weighted by molar-refractivity contribution is 1.27. The third-order valence-electron chi connectivity index (χ3n) is 7.21. The highest BCUT2D eigenvalue weighted by Gasteiger charge is 2.23. The van der Waals surface area contributed by atoms with Crippen LogP contribution >= 0.6 is 0 Å². The molecule has 7 aromatic rings. The normalized spacial score (nSPS) is 11.5. The fraction of sp³-hybridized carbons (Fsp3) is 0.0286. The second-order valence-corrected chi connectivity index (χ2v) is 9.45. The molecule has 0 atom stereocenters. The van der Waals surface area contributed by atoms with Gasteiger partial charge in [0.15, 0.2) is 0 Å². The summed E-state index contributed by atoms with van der Waals surface area (Å²) >= 11 is 0. The summed E-state index contributed by atoms with van der Waals surface area (Å²) in [5.74, 6) is 0. The monoisotopic (exact) mass is 459 g/mol. The summed E-state index contributed by atoms with van der Waals surface area (Å²) in [6.45, 7) is 2.18. The molecule has 0 spiro atoms. The van der Waals surface area contributed by atoms with E-state index in [1.54, 1.807) is 0 Å². The maximum Gasteiger partial charge on any atom is 0.0626 e. The van der Waals surface area contributed by atoms with Gasteiger partial charge in [-0.2, -0.15) is 0 Å². The van der Waals surface area contributed by atoms with E-state index in [9.17, 15) is 0 Å². The Bertz CT molecular complexity index is 1860. The van der Waals surface area contributed by atoms with Gasteiger partial charge in [-0.3, -0.25) is 0 Å². The minimum absolute atomic E-state index is 1.21. The van der Waals surface area contributed by atoms with Crippen molar-refractivity contribution in [2.75, 3.05) is 0 Å². The van der Waals surface area contributed by atoms with Gasteiger partial charge in [0.1, 0.15) is 0 Å². The van der Waals surface area contributed by atoms with Crippen molar-refractivity contribution in [3.8, 4) is 33.5 Å². The van der Waals surface area contributed by atoms with Gasteiger partial charge in [0.05, 0.1) is 16.7 Å². The molecule has 0 saturated heterocycles. The summed E-state index contributed by atoms with van der Waals surface area (Å²) in [6.07, 6.45) is 0. The first-order chi connectivity index (χ1) is 17.8. The molecule has 5 aromatic carbocycles. The number of rotatable bonds is 3. The van der Waals surface area contributed by atoms with Gasteiger partial charge in [0, 0.05) is 21.9 Å². The van der Waals surface area contributed by atoms with Crippen LogP contribution in [-0.2, 0) is 0 Å². The first-order valence-electron chi connectivity index (χ1n) is 12.5. The van der Waals surface area contributed by atoms with E-state index in [0.717, 1.165) is 0 Å². The topological polar surface area (TPSA) is 4.41 Å². The quantitative estimate of drug-likeness (QED) is 0.248. The van der Waals surface area contributed by atoms with Gasteiger partial charge < -0.3 is 4.40 Å². The molecule has 0 bridgehead atoms. The molecule has 2 heterocycles. The third kappa shape index (κ3) is 3.10. The number of aromatic nitrogens is 1. The Hall–Kier alpha value is -4.62. The molecule has 0 radical (unpaired) electrons. The van der Waals surface area contributed by atoms with Crippen LogP contribution in [-0.4, -0.2) is 4.40 Å². The molecule has 0 aliphatic rings. The number of pyridine rings is 1. The Labute approximate surface area is 210 Å². The van der Waals surface area contributed by atoms with Gasteiger partial charge >= 0.3 is 0 Å². The van der Waals surface area contributed by atoms with Crippen LogP contribution in [0.25, 0.3) is 60.7 Å². The molecular weight excluding hydrogens is 434 g/mol. The van der Waals surface area contributed by atoms with Crippen LogP contribution in [0.4, 0.5) is 0 Å². The van der Waals surface area contributed by atoms with Crippen LogP contribution in [0.15, 0.2) is 133 Å². The largest absolute Gasteiger partial charge is 0.307 e. The fourth-order valence-corrected chi connectivity index (χ4v) is 5.70. The van der Waals surface area contributed by atoms with Gasteiger partial charge in [0.25, 0.3) is 0 Å². The van der Waals surface area contributed by atoms with Crippen molar-refractivity contribution in [3.05, 3.63) is 139 Å². The SMILES string of the molecule is Cc1ccc2c(-c3ccccc3)c3c4ccccc4c(-c4ccccc4)c(-c4ccccc4)n3c2c1. The van der Waals surface area contributed by atoms with Crippen LogP contribution in [0.3, 0.4) is 0 Å². The maximum atomic E-state index is 2.52. The van der Waals surface area contributed by atoms with E-state index in [1.807, 2.05) is 0 Å². The van der Waals surface area contributed by atoms with Crippen molar-refractivity contribution in [3.63, 3.8) is 0 Å². The molecule has 0 N–H and O–H groups in total. The highest BCUT2D eigenvalue weighted by Crippen LogP contribution is 2.46. The summed E-state index contributed by atoms with van der Waals surface area (Å²) in [4.78, 5) is 0. The van der Waals surface area contributed by atoms with Gasteiger partial charge in [-0.05, 0) is 40.6 Å². The molecule has 0 saturated carbocycles. The van der Waals surface area contributed by atoms with Crippen molar-refractivity contribution in [1.82, 2.24) is 4.40 Å². The third-order valence-corrected chi connectivity index (χ3v) is 7.21. The molecule has 0 fully saturated rings. The lowest BCUT2D eigenvalue weighted by Gasteiger charge is -2.19. The van der Waals surface area contributed by atoms with Crippen LogP contribution in [0.5, 0.6) is 0 Å². The van der Waals surface area contributed by atoms with E-state index >= 15 is 0 Å². The Morgan fingerprint density at radius 3 is 1.61 bits per heavy atom. The standard InChI is InChI=1S/C35H25N/c1-24-21-22-30-31(23-24)36-34(27-17-9-4-10-18-27)32(25-13-5-2-6-14-25)28-19-11-12-20-29(28)35(36)33(30)26-15-7-3-8-16-26/h2-23H,1H3. The van der Waals surface area contributed by atoms with E-state index in [0.29, 0.717) is 0 Å². The van der Waals surface area contributed by atoms with Crippen LogP contribution in [0, 0.1) is 6.92 Å². The summed E-state index contributed by atoms with van der Waals surface area (Å²) in [5, 5.41) is 3.81. The van der Waals surface area contributed by atoms with E-state index < -0.39 is 0 Å². The zero-order valence-electron chi connectivity index (χ0n) is 20.1. The minimum Gasteiger partial charge on any atom is -0.307 e. The minimum atomic E-state index is 1.21. The average Bonchev–Trinajstić information content (AvgIpc) is 3.28. The lowest BCUT2D eigenvalue weighted by Crippen LogP contribution is -1.98. The van der Waals surface area contributed by atoms with Crippen molar-refractivity contribution < 1.29 is 0 Å². The van der Waals surface area contributed by atoms with Gasteiger partial charge in [-0.1, -0.05) is 127 Å². The highest BCUT2D eigenvalue weighted by molar-refractivity contribution is 6.20. The average molecular weight is 460 g/mol. The molecular formula is C35H25N. The summed E-state index contributed by atoms with van der Waals surface area (Å²) in [6, 6.07) is 48.3. The molecule has 36 heavy (non-hydrogen) atoms. The van der Waals surface area contributed by atoms with E-state index in [4.69, 9.17) is 0 Å². The van der Waals surface area contributed by atoms with Gasteiger partial charge in [0.2, 0.25) is 0 Å². The van der Waals surface area contributed by atoms with Crippen molar-refractivity contribution in [1.29, 1.82) is 0 Å². The molecule has 0 unspecified atom stereocenters. The Balaban J connectivity index is 1.83. The summed E-state index contributed by atoms with van der Waals surface area (Å²) < 4.78 is 2.52. The number of benzene rings is 5. The smallest absolute Gasteiger partial charge is 0.0626 e. The number of nitrogens with zero attached hydrogens (tertiary/aromatic N) is 1. The van der Waals surface area contributed by atoms with Gasteiger partial charge in [-0.25, -0.2) is 0 Å². The van der Waals surface area contributed by atoms with E-state index in [2.05, 4.69) is 145 Å². The first kappa shape index (κ1) is 20.7. The van der Waals surface area contributed by atoms with Crippen molar-refractivity contribution in [2.24, 2.45) is 0 Å². The molecule has 0 aliphatic carbocycles. The lowest BCUT2D eigenvalue weighted by atomic mass is 9.92. The number of hydrogen-bond acceptors (Lipinski definition) is 0. The maximum absolute atomic E-state index is 2.52. The Morgan fingerprint density at radius 2 is 0.972 bits per heavy atom. The first-order valence-corrected chi connectivity index (χ1v) is 12.5. The second kappa shape index (κ2) is 8.25. The molecule has 170 valence electrons. The molecule has 0 amide bonds. The molecule has 0 aliphatic heterocycles. The number of aryl methyl sites for hydroxylation is 1. The number of fused-ring (bicyclic) bond motifs is 5. The molecule has 7 rings (SSSR count). The summed E-state index contributed by atoms with van der Waals surface area (Å²) in [7, 11) is 0. The predicted octanol–water partition coefficient (Wildman–Crippen LogP) is 9.56. The molecule has 1 heteroatoms. The molecule has 1 nitrogen and oxygen atoms in total. The second-order valence-electron chi connectivity index (χ2n) is 9.45. The Morgan fingerprint density at radius 1 is 0.444 bits per heavy atom. The summed E-state index contributed by atoms with van der Waals surface area (Å²) in [5.41, 5.74) is 11.2. The van der Waals surface area contributed by atoms with Crippen molar-refractivity contribution in [2.45, 2.75) is 6.92 Å². The van der Waals surface area contributed by atoms with Crippen LogP contribution in [0.1, 0.15) is 5.56 Å². The molecule has 2 aromatic heterocycles. The van der Waals surface area contributed by atoms with E-state index in [1.165, 1.54) is 66.3 Å². The van der Waals surface area contributed by atoms with Crippen molar-refractivity contribution >= 4 is 27.2 Å². The predicted molar refractivity (Wildman–Crippen MR) is 153 cm³/mol. The van der Waals surface area contributed by atoms with E-state index in [-0.39, 0.29) is 0 Å². The zero-order valence-corrected chi connectivity index (χ0v) is 20.1. The number of hydrogen-bond donors (Lipinski definition) is 0. The zero-order chi connectivity index (χ0) is 24.1. The highest BCUT2D eigenvalue weighted by atomic mass is 14.9. The fourth-order valence-electron chi connectivity index (χ4n) is 5.70. The van der Waals surface area contributed by atoms with Crippen LogP contribution in [0.2, 0.25) is 0 Å². The Kier molecular flexibility index (Phi) is 4.75. The van der Waals surface area contributed by atoms with Crippen LogP contribution < -0.4 is 0 Å².